The van der Waals surface area contributed by atoms with E-state index in [1.807, 2.05) is 0 Å². The molecule has 1 N–H and O–H groups in total. The van der Waals surface area contributed by atoms with Gasteiger partial charge in [0.2, 0.25) is 0 Å². The highest BCUT2D eigenvalue weighted by Gasteiger charge is 2.53. The average Bonchev–Trinajstić information content (AvgIpc) is 2.76. The Kier molecular flexibility index (Phi) is 4.16. The Balaban J connectivity index is 1.69. The summed E-state index contributed by atoms with van der Waals surface area (Å²) in [6, 6.07) is 0. The van der Waals surface area contributed by atoms with Gasteiger partial charge in [0.25, 0.3) is 0 Å². The fourth-order valence-electron chi connectivity index (χ4n) is 5.82. The van der Waals surface area contributed by atoms with Crippen molar-refractivity contribution in [2.45, 2.75) is 84.3 Å². The molecule has 21 heavy (non-hydrogen) atoms. The second-order valence-electron chi connectivity index (χ2n) is 8.98. The van der Waals surface area contributed by atoms with Crippen molar-refractivity contribution in [2.24, 2.45) is 29.1 Å². The first-order valence-electron chi connectivity index (χ1n) is 9.15. The van der Waals surface area contributed by atoms with Crippen LogP contribution in [0.15, 0.2) is 0 Å². The number of aliphatic hydroxyl groups is 1. The summed E-state index contributed by atoms with van der Waals surface area (Å²) in [6.07, 6.45) is 8.59. The minimum absolute atomic E-state index is 0.0394. The number of fused-ring (bicyclic) bond motifs is 1. The molecule has 0 unspecified atom stereocenters. The molecule has 3 aliphatic rings. The fourth-order valence-corrected chi connectivity index (χ4v) is 5.82. The zero-order valence-corrected chi connectivity index (χ0v) is 14.4. The maximum atomic E-state index is 10.4. The minimum Gasteiger partial charge on any atom is -0.393 e. The monoisotopic (exact) mass is 294 g/mol. The molecular formula is C19H34O2. The van der Waals surface area contributed by atoms with E-state index in [2.05, 4.69) is 27.7 Å². The molecule has 1 saturated heterocycles. The Labute approximate surface area is 130 Å². The number of hydrogen-bond acceptors (Lipinski definition) is 2. The standard InChI is InChI=1S/C19H34O2/c1-13(14-9-11-18(2,3)21-12-14)15-7-8-16-17(20)6-5-10-19(15,16)4/h13-17,20H,5-12H2,1-4H3/t13-,14+,15-,16+,17+,19-/m1/s1. The molecule has 3 rings (SSSR count). The predicted octanol–water partition coefficient (Wildman–Crippen LogP) is 4.41. The van der Waals surface area contributed by atoms with Gasteiger partial charge in [-0.15, -0.1) is 0 Å². The minimum atomic E-state index is -0.0394. The SMILES string of the molecule is C[C@H]([C@H]1CCC(C)(C)OC1)[C@H]1CC[C@H]2[C@@H](O)CCC[C@]12C. The van der Waals surface area contributed by atoms with E-state index in [0.717, 1.165) is 30.8 Å². The summed E-state index contributed by atoms with van der Waals surface area (Å²) in [6.45, 7) is 10.3. The largest absolute Gasteiger partial charge is 0.393 e. The van der Waals surface area contributed by atoms with Crippen LogP contribution in [0.4, 0.5) is 0 Å². The van der Waals surface area contributed by atoms with Crippen molar-refractivity contribution >= 4 is 0 Å². The second-order valence-corrected chi connectivity index (χ2v) is 8.98. The van der Waals surface area contributed by atoms with Gasteiger partial charge < -0.3 is 9.84 Å². The van der Waals surface area contributed by atoms with Crippen LogP contribution in [-0.4, -0.2) is 23.4 Å². The lowest BCUT2D eigenvalue weighted by molar-refractivity contribution is -0.102. The Morgan fingerprint density at radius 3 is 2.48 bits per heavy atom. The van der Waals surface area contributed by atoms with Gasteiger partial charge in [0.05, 0.1) is 18.3 Å². The highest BCUT2D eigenvalue weighted by atomic mass is 16.5. The van der Waals surface area contributed by atoms with Gasteiger partial charge in [-0.05, 0) is 81.5 Å². The van der Waals surface area contributed by atoms with E-state index in [1.54, 1.807) is 0 Å². The molecule has 6 atom stereocenters. The average molecular weight is 294 g/mol. The molecule has 0 spiro atoms. The topological polar surface area (TPSA) is 29.5 Å². The van der Waals surface area contributed by atoms with E-state index in [1.165, 1.54) is 38.5 Å². The van der Waals surface area contributed by atoms with Gasteiger partial charge in [-0.25, -0.2) is 0 Å². The molecule has 0 aromatic rings. The Hall–Kier alpha value is -0.0800. The maximum absolute atomic E-state index is 10.4. The van der Waals surface area contributed by atoms with Crippen molar-refractivity contribution in [1.29, 1.82) is 0 Å². The molecule has 2 nitrogen and oxygen atoms in total. The van der Waals surface area contributed by atoms with Crippen LogP contribution in [-0.2, 0) is 4.74 Å². The number of hydrogen-bond donors (Lipinski definition) is 1. The van der Waals surface area contributed by atoms with E-state index in [4.69, 9.17) is 4.74 Å². The predicted molar refractivity (Wildman–Crippen MR) is 86.1 cm³/mol. The Morgan fingerprint density at radius 2 is 1.81 bits per heavy atom. The van der Waals surface area contributed by atoms with Gasteiger partial charge in [0, 0.05) is 0 Å². The maximum Gasteiger partial charge on any atom is 0.0626 e. The number of rotatable bonds is 2. The summed E-state index contributed by atoms with van der Waals surface area (Å²) in [7, 11) is 0. The van der Waals surface area contributed by atoms with Crippen molar-refractivity contribution in [3.05, 3.63) is 0 Å². The van der Waals surface area contributed by atoms with Crippen LogP contribution in [0.25, 0.3) is 0 Å². The van der Waals surface area contributed by atoms with Crippen molar-refractivity contribution in [2.75, 3.05) is 6.61 Å². The van der Waals surface area contributed by atoms with Crippen LogP contribution < -0.4 is 0 Å². The molecule has 0 aromatic carbocycles. The summed E-state index contributed by atoms with van der Waals surface area (Å²) in [5.41, 5.74) is 0.462. The van der Waals surface area contributed by atoms with Crippen LogP contribution >= 0.6 is 0 Å². The van der Waals surface area contributed by atoms with Crippen molar-refractivity contribution in [1.82, 2.24) is 0 Å². The molecule has 1 aliphatic heterocycles. The first-order chi connectivity index (χ1) is 9.83. The van der Waals surface area contributed by atoms with Crippen LogP contribution in [0.3, 0.4) is 0 Å². The van der Waals surface area contributed by atoms with Crippen LogP contribution in [0, 0.1) is 29.1 Å². The van der Waals surface area contributed by atoms with Crippen LogP contribution in [0.1, 0.15) is 72.6 Å². The van der Waals surface area contributed by atoms with E-state index in [0.29, 0.717) is 11.3 Å². The quantitative estimate of drug-likeness (QED) is 0.817. The Bertz CT molecular complexity index is 368. The third-order valence-corrected chi connectivity index (χ3v) is 7.35. The first-order valence-corrected chi connectivity index (χ1v) is 9.15. The van der Waals surface area contributed by atoms with E-state index in [9.17, 15) is 5.11 Å². The second kappa shape index (κ2) is 5.53. The summed E-state index contributed by atoms with van der Waals surface area (Å²) in [4.78, 5) is 0. The smallest absolute Gasteiger partial charge is 0.0626 e. The van der Waals surface area contributed by atoms with Gasteiger partial charge in [-0.3, -0.25) is 0 Å². The van der Waals surface area contributed by atoms with Crippen molar-refractivity contribution < 1.29 is 9.84 Å². The molecule has 0 aromatic heterocycles. The van der Waals surface area contributed by atoms with E-state index in [-0.39, 0.29) is 11.7 Å². The third-order valence-electron chi connectivity index (χ3n) is 7.35. The molecule has 0 bridgehead atoms. The molecule has 1 heterocycles. The lowest BCUT2D eigenvalue weighted by atomic mass is 9.60. The molecule has 2 aliphatic carbocycles. The van der Waals surface area contributed by atoms with Crippen molar-refractivity contribution in [3.63, 3.8) is 0 Å². The Morgan fingerprint density at radius 1 is 1.05 bits per heavy atom. The lowest BCUT2D eigenvalue weighted by Gasteiger charge is -2.47. The number of aliphatic hydroxyl groups excluding tert-OH is 1. The molecule has 0 radical (unpaired) electrons. The summed E-state index contributed by atoms with van der Waals surface area (Å²) in [5, 5.41) is 10.4. The summed E-state index contributed by atoms with van der Waals surface area (Å²) >= 11 is 0. The first kappa shape index (κ1) is 15.8. The molecular weight excluding hydrogens is 260 g/mol. The highest BCUT2D eigenvalue weighted by Crippen LogP contribution is 2.59. The van der Waals surface area contributed by atoms with Gasteiger partial charge in [-0.2, -0.15) is 0 Å². The molecule has 0 amide bonds. The van der Waals surface area contributed by atoms with Gasteiger partial charge in [-0.1, -0.05) is 20.3 Å². The van der Waals surface area contributed by atoms with E-state index < -0.39 is 0 Å². The van der Waals surface area contributed by atoms with Crippen LogP contribution in [0.2, 0.25) is 0 Å². The lowest BCUT2D eigenvalue weighted by Crippen LogP contribution is -2.44. The highest BCUT2D eigenvalue weighted by molar-refractivity contribution is 5.02. The van der Waals surface area contributed by atoms with Gasteiger partial charge >= 0.3 is 0 Å². The van der Waals surface area contributed by atoms with Crippen molar-refractivity contribution in [3.8, 4) is 0 Å². The summed E-state index contributed by atoms with van der Waals surface area (Å²) in [5.74, 6) is 2.80. The van der Waals surface area contributed by atoms with Crippen LogP contribution in [0.5, 0.6) is 0 Å². The number of ether oxygens (including phenoxy) is 1. The molecule has 2 saturated carbocycles. The van der Waals surface area contributed by atoms with Gasteiger partial charge in [0.1, 0.15) is 0 Å². The zero-order chi connectivity index (χ0) is 15.3. The van der Waals surface area contributed by atoms with E-state index >= 15 is 0 Å². The third kappa shape index (κ3) is 2.79. The molecule has 2 heteroatoms. The van der Waals surface area contributed by atoms with Gasteiger partial charge in [0.15, 0.2) is 0 Å². The zero-order valence-electron chi connectivity index (χ0n) is 14.4. The fraction of sp³-hybridized carbons (Fsp3) is 1.00. The summed E-state index contributed by atoms with van der Waals surface area (Å²) < 4.78 is 6.10. The molecule has 122 valence electrons. The molecule has 3 fully saturated rings. The normalized spacial score (nSPS) is 47.9.